The third-order valence-electron chi connectivity index (χ3n) is 1.70. The van der Waals surface area contributed by atoms with E-state index >= 15 is 0 Å². The first-order chi connectivity index (χ1) is 6.72. The maximum atomic E-state index is 10.9. The van der Waals surface area contributed by atoms with Crippen molar-refractivity contribution in [2.24, 2.45) is 5.73 Å². The topological polar surface area (TPSA) is 86.7 Å². The largest absolute Gasteiger partial charge is 0.351 e. The van der Waals surface area contributed by atoms with Crippen LogP contribution in [0.3, 0.4) is 0 Å². The second kappa shape index (κ2) is 3.22. The van der Waals surface area contributed by atoms with Gasteiger partial charge in [-0.25, -0.2) is 24.3 Å². The normalized spacial score (nSPS) is 10.6. The summed E-state index contributed by atoms with van der Waals surface area (Å²) in [4.78, 5) is 22.8. The molecule has 0 spiro atoms. The highest BCUT2D eigenvalue weighted by molar-refractivity contribution is 6.16. The summed E-state index contributed by atoms with van der Waals surface area (Å²) in [5.74, 6) is 0.613. The van der Waals surface area contributed by atoms with Crippen molar-refractivity contribution in [3.8, 4) is 0 Å². The Kier molecular flexibility index (Phi) is 2.05. The lowest BCUT2D eigenvalue weighted by molar-refractivity contribution is 0.251. The highest BCUT2D eigenvalue weighted by atomic mass is 35.5. The van der Waals surface area contributed by atoms with Gasteiger partial charge in [0.2, 0.25) is 0 Å². The van der Waals surface area contributed by atoms with Crippen molar-refractivity contribution in [2.45, 2.75) is 5.88 Å². The molecule has 0 unspecified atom stereocenters. The number of imidazole rings is 1. The number of nitrogens with zero attached hydrogens (tertiary/aromatic N) is 4. The number of hydrogen-bond donors (Lipinski definition) is 1. The first kappa shape index (κ1) is 8.89. The molecule has 0 aliphatic rings. The van der Waals surface area contributed by atoms with Crippen molar-refractivity contribution < 1.29 is 4.79 Å². The van der Waals surface area contributed by atoms with Gasteiger partial charge < -0.3 is 5.73 Å². The first-order valence-corrected chi connectivity index (χ1v) is 4.30. The number of fused-ring (bicyclic) bond motifs is 1. The van der Waals surface area contributed by atoms with Gasteiger partial charge in [0.15, 0.2) is 5.65 Å². The molecule has 2 rings (SSSR count). The molecule has 2 aromatic rings. The number of hydrogen-bond acceptors (Lipinski definition) is 4. The number of amides is 1. The van der Waals surface area contributed by atoms with Crippen molar-refractivity contribution in [3.05, 3.63) is 18.3 Å². The molecule has 0 atom stereocenters. The molecular formula is C7H6ClN5O. The number of rotatable bonds is 1. The number of nitrogens with two attached hydrogens (primary N) is 1. The van der Waals surface area contributed by atoms with Crippen molar-refractivity contribution in [2.75, 3.05) is 0 Å². The van der Waals surface area contributed by atoms with E-state index in [1.54, 1.807) is 0 Å². The molecule has 0 aromatic carbocycles. The van der Waals surface area contributed by atoms with Crippen LogP contribution < -0.4 is 5.73 Å². The van der Waals surface area contributed by atoms with E-state index in [2.05, 4.69) is 15.0 Å². The summed E-state index contributed by atoms with van der Waals surface area (Å²) in [6.07, 6.45) is 2.80. The molecule has 0 radical (unpaired) electrons. The van der Waals surface area contributed by atoms with E-state index in [0.717, 1.165) is 4.57 Å². The molecule has 2 N–H and O–H groups in total. The zero-order chi connectivity index (χ0) is 10.1. The number of aromatic nitrogens is 4. The SMILES string of the molecule is NC(=O)n1cnc2cnc(CCl)nc21. The molecule has 0 aliphatic heterocycles. The Hall–Kier alpha value is -1.69. The van der Waals surface area contributed by atoms with Crippen LogP contribution in [-0.2, 0) is 5.88 Å². The fourth-order valence-electron chi connectivity index (χ4n) is 1.07. The van der Waals surface area contributed by atoms with Crippen LogP contribution in [0.2, 0.25) is 0 Å². The van der Waals surface area contributed by atoms with Gasteiger partial charge >= 0.3 is 6.03 Å². The number of carbonyl (C=O) groups is 1. The lowest BCUT2D eigenvalue weighted by Gasteiger charge is -1.97. The summed E-state index contributed by atoms with van der Waals surface area (Å²) in [6, 6.07) is -0.633. The van der Waals surface area contributed by atoms with Crippen LogP contribution >= 0.6 is 11.6 Å². The Morgan fingerprint density at radius 3 is 3.00 bits per heavy atom. The van der Waals surface area contributed by atoms with Gasteiger partial charge in [0.1, 0.15) is 17.7 Å². The van der Waals surface area contributed by atoms with Gasteiger partial charge in [-0.2, -0.15) is 0 Å². The summed E-state index contributed by atoms with van der Waals surface area (Å²) in [7, 11) is 0. The average molecular weight is 212 g/mol. The predicted molar refractivity (Wildman–Crippen MR) is 49.9 cm³/mol. The molecule has 0 fully saturated rings. The standard InChI is InChI=1S/C7H6ClN5O/c8-1-5-10-2-4-6(12-5)13(3-11-4)7(9)14/h2-3H,1H2,(H2,9,14). The highest BCUT2D eigenvalue weighted by Crippen LogP contribution is 2.09. The average Bonchev–Trinajstić information content (AvgIpc) is 2.59. The number of primary amides is 1. The third-order valence-corrected chi connectivity index (χ3v) is 1.94. The van der Waals surface area contributed by atoms with Gasteiger partial charge in [-0.05, 0) is 0 Å². The molecular weight excluding hydrogens is 206 g/mol. The van der Waals surface area contributed by atoms with E-state index in [4.69, 9.17) is 17.3 Å². The van der Waals surface area contributed by atoms with Crippen LogP contribution in [0, 0.1) is 0 Å². The zero-order valence-electron chi connectivity index (χ0n) is 7.01. The molecule has 0 bridgehead atoms. The highest BCUT2D eigenvalue weighted by Gasteiger charge is 2.08. The van der Waals surface area contributed by atoms with E-state index in [1.165, 1.54) is 12.5 Å². The molecule has 72 valence electrons. The summed E-state index contributed by atoms with van der Waals surface area (Å²) < 4.78 is 1.15. The fraction of sp³-hybridized carbons (Fsp3) is 0.143. The fourth-order valence-corrected chi connectivity index (χ4v) is 1.20. The van der Waals surface area contributed by atoms with Gasteiger partial charge in [-0.15, -0.1) is 11.6 Å². The Morgan fingerprint density at radius 1 is 1.57 bits per heavy atom. The lowest BCUT2D eigenvalue weighted by Crippen LogP contribution is -2.18. The molecule has 1 amide bonds. The van der Waals surface area contributed by atoms with Crippen molar-refractivity contribution in [3.63, 3.8) is 0 Å². The van der Waals surface area contributed by atoms with Gasteiger partial charge in [0.25, 0.3) is 0 Å². The summed E-state index contributed by atoms with van der Waals surface area (Å²) in [5.41, 5.74) is 6.00. The number of alkyl halides is 1. The maximum Gasteiger partial charge on any atom is 0.325 e. The Morgan fingerprint density at radius 2 is 2.36 bits per heavy atom. The van der Waals surface area contributed by atoms with Crippen molar-refractivity contribution in [1.82, 2.24) is 19.5 Å². The van der Waals surface area contributed by atoms with Crippen LogP contribution in [0.5, 0.6) is 0 Å². The van der Waals surface area contributed by atoms with Crippen LogP contribution in [0.4, 0.5) is 4.79 Å². The molecule has 0 aliphatic carbocycles. The minimum atomic E-state index is -0.633. The third kappa shape index (κ3) is 1.29. The molecule has 0 saturated heterocycles. The second-order valence-electron chi connectivity index (χ2n) is 2.58. The monoisotopic (exact) mass is 211 g/mol. The van der Waals surface area contributed by atoms with E-state index < -0.39 is 6.03 Å². The predicted octanol–water partition coefficient (Wildman–Crippen LogP) is 0.492. The van der Waals surface area contributed by atoms with Crippen LogP contribution in [0.15, 0.2) is 12.5 Å². The van der Waals surface area contributed by atoms with Crippen LogP contribution in [0.1, 0.15) is 5.82 Å². The molecule has 2 aromatic heterocycles. The minimum absolute atomic E-state index is 0.180. The zero-order valence-corrected chi connectivity index (χ0v) is 7.77. The lowest BCUT2D eigenvalue weighted by atomic mass is 10.5. The van der Waals surface area contributed by atoms with E-state index in [-0.39, 0.29) is 5.88 Å². The summed E-state index contributed by atoms with van der Waals surface area (Å²) in [6.45, 7) is 0. The minimum Gasteiger partial charge on any atom is -0.351 e. The van der Waals surface area contributed by atoms with E-state index in [1.807, 2.05) is 0 Å². The Bertz CT molecular complexity index is 494. The second-order valence-corrected chi connectivity index (χ2v) is 2.85. The van der Waals surface area contributed by atoms with Crippen molar-refractivity contribution in [1.29, 1.82) is 0 Å². The molecule has 2 heterocycles. The van der Waals surface area contributed by atoms with Crippen LogP contribution in [-0.4, -0.2) is 25.6 Å². The van der Waals surface area contributed by atoms with Crippen LogP contribution in [0.25, 0.3) is 11.2 Å². The summed E-state index contributed by atoms with van der Waals surface area (Å²) >= 11 is 5.56. The quantitative estimate of drug-likeness (QED) is 0.696. The number of halogens is 1. The van der Waals surface area contributed by atoms with Gasteiger partial charge in [0.05, 0.1) is 12.1 Å². The maximum absolute atomic E-state index is 10.9. The van der Waals surface area contributed by atoms with Gasteiger partial charge in [-0.1, -0.05) is 0 Å². The molecule has 14 heavy (non-hydrogen) atoms. The van der Waals surface area contributed by atoms with E-state index in [9.17, 15) is 4.79 Å². The summed E-state index contributed by atoms with van der Waals surface area (Å²) in [5, 5.41) is 0. The van der Waals surface area contributed by atoms with Gasteiger partial charge in [-0.3, -0.25) is 0 Å². The number of carbonyl (C=O) groups excluding carboxylic acids is 1. The van der Waals surface area contributed by atoms with Gasteiger partial charge in [0, 0.05) is 0 Å². The molecule has 7 heteroatoms. The Labute approximate surface area is 83.7 Å². The molecule has 0 saturated carbocycles. The smallest absolute Gasteiger partial charge is 0.325 e. The Balaban J connectivity index is 2.69. The van der Waals surface area contributed by atoms with E-state index in [0.29, 0.717) is 17.0 Å². The van der Waals surface area contributed by atoms with Crippen molar-refractivity contribution >= 4 is 28.8 Å². The molecule has 6 nitrogen and oxygen atoms in total. The first-order valence-electron chi connectivity index (χ1n) is 3.77.